The van der Waals surface area contributed by atoms with Gasteiger partial charge in [-0.05, 0) is 49.6 Å². The standard InChI is InChI=1S/C39H62FN4O9P/c1-4-5-6-7-8-9-10-11-12-13-14-15-16-17-22-49-25-31(50-24-30-19-18-29(2)32(40)23-30)26-51-54(47,48)52-27-34-36(45)37(46)39(3,53-34)35-21-20-33-38(41)42-28-43-44(33)35/h18-21,23,28,31,34,36-37,45-46H,4-17,22,24-27H2,1-3H3,(H,47,48)(H2,41,42,43)/t31-,34-,36-,37-,39+/m1/s1. The van der Waals surface area contributed by atoms with E-state index in [1.165, 1.54) is 87.5 Å². The number of phosphoric acid groups is 1. The van der Waals surface area contributed by atoms with Gasteiger partial charge in [-0.2, -0.15) is 5.10 Å². The van der Waals surface area contributed by atoms with E-state index in [2.05, 4.69) is 17.0 Å². The SMILES string of the molecule is CCCCCCCCCCCCCCCCOC[C@H](COP(=O)(O)OC[C@H]1O[C@@](C)(c2ccc3c(N)ncnn23)[C@H](O)[C@@H]1O)OCc1ccc(C)c(F)c1. The number of aryl methyl sites for hydroxylation is 1. The number of anilines is 1. The number of aliphatic hydroxyl groups excluding tert-OH is 2. The van der Waals surface area contributed by atoms with Crippen LogP contribution in [0.15, 0.2) is 36.7 Å². The van der Waals surface area contributed by atoms with Crippen molar-refractivity contribution in [3.8, 4) is 0 Å². The molecule has 1 aliphatic heterocycles. The summed E-state index contributed by atoms with van der Waals surface area (Å²) in [5.41, 5.74) is 6.47. The van der Waals surface area contributed by atoms with Gasteiger partial charge >= 0.3 is 7.82 Å². The van der Waals surface area contributed by atoms with Gasteiger partial charge in [0.1, 0.15) is 47.7 Å². The Morgan fingerprint density at radius 1 is 0.963 bits per heavy atom. The number of aliphatic hydroxyl groups is 2. The molecule has 0 spiro atoms. The molecule has 2 aromatic heterocycles. The van der Waals surface area contributed by atoms with Gasteiger partial charge in [-0.3, -0.25) is 9.05 Å². The lowest BCUT2D eigenvalue weighted by atomic mass is 9.93. The number of unbranched alkanes of at least 4 members (excludes halogenated alkanes) is 13. The second-order valence-electron chi connectivity index (χ2n) is 14.6. The van der Waals surface area contributed by atoms with Crippen molar-refractivity contribution in [2.45, 2.75) is 147 Å². The van der Waals surface area contributed by atoms with E-state index in [1.807, 2.05) is 0 Å². The molecule has 1 saturated heterocycles. The molecule has 6 atom stereocenters. The minimum absolute atomic E-state index is 0.0353. The van der Waals surface area contributed by atoms with Crippen LogP contribution in [0.5, 0.6) is 0 Å². The summed E-state index contributed by atoms with van der Waals surface area (Å²) < 4.78 is 56.9. The van der Waals surface area contributed by atoms with Crippen LogP contribution >= 0.6 is 7.82 Å². The lowest BCUT2D eigenvalue weighted by molar-refractivity contribution is -0.0901. The second-order valence-corrected chi connectivity index (χ2v) is 16.1. The molecule has 1 aromatic carbocycles. The van der Waals surface area contributed by atoms with Gasteiger partial charge in [0.05, 0.1) is 32.1 Å². The molecule has 0 aliphatic carbocycles. The molecule has 3 heterocycles. The average Bonchev–Trinajstić information content (AvgIpc) is 3.69. The van der Waals surface area contributed by atoms with Crippen molar-refractivity contribution in [1.29, 1.82) is 0 Å². The van der Waals surface area contributed by atoms with Crippen molar-refractivity contribution in [2.75, 3.05) is 32.2 Å². The number of aromatic nitrogens is 3. The first-order valence-electron chi connectivity index (χ1n) is 19.6. The Hall–Kier alpha value is -2.52. The summed E-state index contributed by atoms with van der Waals surface area (Å²) in [6.07, 6.45) is 14.0. The lowest BCUT2D eigenvalue weighted by Crippen LogP contribution is -2.39. The normalized spacial score (nSPS) is 21.9. The number of hydrogen-bond donors (Lipinski definition) is 4. The monoisotopic (exact) mass is 780 g/mol. The molecule has 0 radical (unpaired) electrons. The molecular formula is C39H62FN4O9P. The van der Waals surface area contributed by atoms with E-state index in [1.54, 1.807) is 38.1 Å². The van der Waals surface area contributed by atoms with Crippen LogP contribution in [-0.4, -0.2) is 80.5 Å². The Morgan fingerprint density at radius 3 is 2.26 bits per heavy atom. The first-order chi connectivity index (χ1) is 25.9. The largest absolute Gasteiger partial charge is 0.472 e. The van der Waals surface area contributed by atoms with E-state index < -0.39 is 44.4 Å². The molecule has 13 nitrogen and oxygen atoms in total. The maximum absolute atomic E-state index is 14.2. The van der Waals surface area contributed by atoms with Crippen molar-refractivity contribution in [1.82, 2.24) is 14.6 Å². The zero-order valence-electron chi connectivity index (χ0n) is 32.2. The predicted molar refractivity (Wildman–Crippen MR) is 204 cm³/mol. The average molecular weight is 781 g/mol. The van der Waals surface area contributed by atoms with Crippen LogP contribution in [0.2, 0.25) is 0 Å². The quantitative estimate of drug-likeness (QED) is 0.0448. The van der Waals surface area contributed by atoms with Crippen LogP contribution in [0.4, 0.5) is 10.2 Å². The van der Waals surface area contributed by atoms with Gasteiger partial charge in [0, 0.05) is 6.61 Å². The highest BCUT2D eigenvalue weighted by Crippen LogP contribution is 2.46. The Bertz CT molecular complexity index is 1600. The molecule has 54 heavy (non-hydrogen) atoms. The predicted octanol–water partition coefficient (Wildman–Crippen LogP) is 7.31. The van der Waals surface area contributed by atoms with Gasteiger partial charge in [-0.25, -0.2) is 18.5 Å². The zero-order chi connectivity index (χ0) is 39.0. The molecule has 15 heteroatoms. The number of halogens is 1. The van der Waals surface area contributed by atoms with Gasteiger partial charge in [0.15, 0.2) is 5.82 Å². The number of ether oxygens (including phenoxy) is 3. The molecule has 5 N–H and O–H groups in total. The summed E-state index contributed by atoms with van der Waals surface area (Å²) in [4.78, 5) is 14.5. The molecular weight excluding hydrogens is 718 g/mol. The summed E-state index contributed by atoms with van der Waals surface area (Å²) in [5.74, 6) is -0.133. The Balaban J connectivity index is 1.19. The highest BCUT2D eigenvalue weighted by Gasteiger charge is 2.54. The summed E-state index contributed by atoms with van der Waals surface area (Å²) in [5, 5.41) is 26.0. The molecule has 1 unspecified atom stereocenters. The topological polar surface area (TPSA) is 180 Å². The van der Waals surface area contributed by atoms with E-state index >= 15 is 0 Å². The molecule has 0 saturated carbocycles. The third-order valence-electron chi connectivity index (χ3n) is 10.1. The number of nitrogens with zero attached hydrogens (tertiary/aromatic N) is 3. The summed E-state index contributed by atoms with van der Waals surface area (Å²) in [6.45, 7) is 5.19. The molecule has 304 valence electrons. The van der Waals surface area contributed by atoms with Crippen LogP contribution in [0.1, 0.15) is 121 Å². The Morgan fingerprint density at radius 2 is 1.61 bits per heavy atom. The molecule has 1 fully saturated rings. The van der Waals surface area contributed by atoms with E-state index in [0.29, 0.717) is 28.9 Å². The third kappa shape index (κ3) is 13.3. The Kier molecular flexibility index (Phi) is 18.2. The molecule has 4 rings (SSSR count). The smallest absolute Gasteiger partial charge is 0.387 e. The van der Waals surface area contributed by atoms with Gasteiger partial charge < -0.3 is 35.1 Å². The van der Waals surface area contributed by atoms with Crippen LogP contribution < -0.4 is 5.73 Å². The van der Waals surface area contributed by atoms with E-state index in [4.69, 9.17) is 29.0 Å². The summed E-state index contributed by atoms with van der Waals surface area (Å²) in [7, 11) is -4.69. The van der Waals surface area contributed by atoms with Crippen LogP contribution in [0, 0.1) is 12.7 Å². The maximum Gasteiger partial charge on any atom is 0.472 e. The molecule has 1 aliphatic rings. The minimum atomic E-state index is -4.69. The first kappa shape index (κ1) is 44.2. The van der Waals surface area contributed by atoms with Crippen LogP contribution in [-0.2, 0) is 40.0 Å². The number of nitrogens with two attached hydrogens (primary N) is 1. The fourth-order valence-electron chi connectivity index (χ4n) is 6.74. The van der Waals surface area contributed by atoms with Gasteiger partial charge in [0.25, 0.3) is 0 Å². The highest BCUT2D eigenvalue weighted by atomic mass is 31.2. The third-order valence-corrected chi connectivity index (χ3v) is 11.1. The number of phosphoric ester groups is 1. The first-order valence-corrected chi connectivity index (χ1v) is 21.1. The Labute approximate surface area is 319 Å². The maximum atomic E-state index is 14.2. The zero-order valence-corrected chi connectivity index (χ0v) is 33.1. The van der Waals surface area contributed by atoms with Gasteiger partial charge in [0.2, 0.25) is 0 Å². The highest BCUT2D eigenvalue weighted by molar-refractivity contribution is 7.47. The van der Waals surface area contributed by atoms with Crippen LogP contribution in [0.3, 0.4) is 0 Å². The fourth-order valence-corrected chi connectivity index (χ4v) is 7.50. The number of benzene rings is 1. The summed E-state index contributed by atoms with van der Waals surface area (Å²) >= 11 is 0. The molecule has 3 aromatic rings. The summed E-state index contributed by atoms with van der Waals surface area (Å²) in [6, 6.07) is 8.10. The number of fused-ring (bicyclic) bond motifs is 1. The van der Waals surface area contributed by atoms with Gasteiger partial charge in [-0.15, -0.1) is 0 Å². The van der Waals surface area contributed by atoms with E-state index in [9.17, 15) is 24.1 Å². The van der Waals surface area contributed by atoms with Crippen molar-refractivity contribution in [3.05, 3.63) is 59.3 Å². The van der Waals surface area contributed by atoms with Crippen molar-refractivity contribution >= 4 is 19.2 Å². The number of hydrogen-bond acceptors (Lipinski definition) is 11. The van der Waals surface area contributed by atoms with Crippen molar-refractivity contribution < 1.29 is 47.3 Å². The van der Waals surface area contributed by atoms with Crippen molar-refractivity contribution in [3.63, 3.8) is 0 Å². The second kappa shape index (κ2) is 22.3. The van der Waals surface area contributed by atoms with E-state index in [-0.39, 0.29) is 31.5 Å². The molecule has 0 bridgehead atoms. The van der Waals surface area contributed by atoms with Gasteiger partial charge in [-0.1, -0.05) is 103 Å². The van der Waals surface area contributed by atoms with E-state index in [0.717, 1.165) is 19.3 Å². The van der Waals surface area contributed by atoms with Crippen molar-refractivity contribution in [2.24, 2.45) is 0 Å². The van der Waals surface area contributed by atoms with Crippen LogP contribution in [0.25, 0.3) is 5.52 Å². The molecule has 0 amide bonds. The minimum Gasteiger partial charge on any atom is -0.387 e. The lowest BCUT2D eigenvalue weighted by Gasteiger charge is -2.27. The number of nitrogen functional groups attached to an aromatic ring is 1. The number of rotatable bonds is 27. The fraction of sp³-hybridized carbons (Fsp3) is 0.692.